The lowest BCUT2D eigenvalue weighted by Gasteiger charge is -2.12. The summed E-state index contributed by atoms with van der Waals surface area (Å²) in [6.45, 7) is 6.38. The van der Waals surface area contributed by atoms with Gasteiger partial charge in [-0.05, 0) is 36.8 Å². The summed E-state index contributed by atoms with van der Waals surface area (Å²) in [6, 6.07) is 7.50. The summed E-state index contributed by atoms with van der Waals surface area (Å²) >= 11 is 3.39. The average molecular weight is 353 g/mol. The van der Waals surface area contributed by atoms with E-state index in [1.54, 1.807) is 18.3 Å². The lowest BCUT2D eigenvalue weighted by Crippen LogP contribution is -2.22. The van der Waals surface area contributed by atoms with E-state index in [1.165, 1.54) is 0 Å². The van der Waals surface area contributed by atoms with Crippen molar-refractivity contribution in [1.82, 2.24) is 10.3 Å². The Morgan fingerprint density at radius 1 is 1.33 bits per heavy atom. The van der Waals surface area contributed by atoms with Gasteiger partial charge in [0, 0.05) is 28.8 Å². The zero-order valence-corrected chi connectivity index (χ0v) is 13.9. The van der Waals surface area contributed by atoms with Crippen molar-refractivity contribution in [2.24, 2.45) is 0 Å². The maximum Gasteiger partial charge on any atom is 0.256 e. The molecular weight excluding hydrogens is 335 g/mol. The molecule has 0 fully saturated rings. The Labute approximate surface area is 132 Å². The average Bonchev–Trinajstić information content (AvgIpc) is 2.42. The second kappa shape index (κ2) is 7.00. The molecule has 0 spiro atoms. The Kier molecular flexibility index (Phi) is 5.31. The van der Waals surface area contributed by atoms with Gasteiger partial charge >= 0.3 is 0 Å². The van der Waals surface area contributed by atoms with Crippen LogP contribution < -0.4 is 10.1 Å². The van der Waals surface area contributed by atoms with Crippen LogP contribution in [0.4, 0.5) is 4.39 Å². The van der Waals surface area contributed by atoms with E-state index < -0.39 is 5.82 Å². The fourth-order valence-electron chi connectivity index (χ4n) is 1.82. The molecule has 112 valence electrons. The topological polar surface area (TPSA) is 34.1 Å². The highest BCUT2D eigenvalue weighted by atomic mass is 79.9. The molecule has 0 radical (unpaired) electrons. The lowest BCUT2D eigenvalue weighted by molar-refractivity contribution is 0.414. The fourth-order valence-corrected chi connectivity index (χ4v) is 2.29. The maximum atomic E-state index is 14.4. The van der Waals surface area contributed by atoms with Crippen molar-refractivity contribution in [2.45, 2.75) is 33.4 Å². The molecule has 3 nitrogen and oxygen atoms in total. The third kappa shape index (κ3) is 4.25. The summed E-state index contributed by atoms with van der Waals surface area (Å²) in [4.78, 5) is 3.99. The molecule has 0 amide bonds. The Morgan fingerprint density at radius 3 is 2.76 bits per heavy atom. The van der Waals surface area contributed by atoms with Gasteiger partial charge in [0.15, 0.2) is 5.82 Å². The van der Waals surface area contributed by atoms with Crippen molar-refractivity contribution >= 4 is 15.9 Å². The quantitative estimate of drug-likeness (QED) is 0.854. The first-order valence-electron chi connectivity index (χ1n) is 6.78. The maximum absolute atomic E-state index is 14.4. The van der Waals surface area contributed by atoms with E-state index in [0.717, 1.165) is 10.0 Å². The van der Waals surface area contributed by atoms with Gasteiger partial charge in [-0.25, -0.2) is 9.37 Å². The summed E-state index contributed by atoms with van der Waals surface area (Å²) in [7, 11) is 0. The standard InChI is InChI=1S/C16H18BrFN2O/c1-10(2)20-9-12-6-7-19-16(15(12)18)21-14-5-4-13(17)8-11(14)3/h4-8,10,20H,9H2,1-3H3. The van der Waals surface area contributed by atoms with E-state index in [-0.39, 0.29) is 11.9 Å². The van der Waals surface area contributed by atoms with Crippen molar-refractivity contribution in [3.05, 3.63) is 51.9 Å². The van der Waals surface area contributed by atoms with E-state index in [9.17, 15) is 4.39 Å². The number of ether oxygens (including phenoxy) is 1. The minimum absolute atomic E-state index is 0.00322. The third-order valence-electron chi connectivity index (χ3n) is 2.98. The van der Waals surface area contributed by atoms with Crippen molar-refractivity contribution < 1.29 is 9.13 Å². The summed E-state index contributed by atoms with van der Waals surface area (Å²) in [5.74, 6) is 0.176. The fraction of sp³-hybridized carbons (Fsp3) is 0.312. The van der Waals surface area contributed by atoms with E-state index in [2.05, 4.69) is 26.2 Å². The molecule has 0 aliphatic carbocycles. The molecule has 0 bridgehead atoms. The van der Waals surface area contributed by atoms with Gasteiger partial charge in [0.2, 0.25) is 0 Å². The van der Waals surface area contributed by atoms with E-state index in [4.69, 9.17) is 4.74 Å². The first kappa shape index (κ1) is 15.9. The van der Waals surface area contributed by atoms with Gasteiger partial charge in [-0.15, -0.1) is 0 Å². The molecule has 0 aliphatic heterocycles. The van der Waals surface area contributed by atoms with Crippen LogP contribution in [0.2, 0.25) is 0 Å². The van der Waals surface area contributed by atoms with Crippen LogP contribution >= 0.6 is 15.9 Å². The number of pyridine rings is 1. The van der Waals surface area contributed by atoms with E-state index >= 15 is 0 Å². The highest BCUT2D eigenvalue weighted by molar-refractivity contribution is 9.10. The first-order chi connectivity index (χ1) is 9.97. The van der Waals surface area contributed by atoms with Crippen LogP contribution in [-0.4, -0.2) is 11.0 Å². The van der Waals surface area contributed by atoms with Crippen molar-refractivity contribution in [2.75, 3.05) is 0 Å². The van der Waals surface area contributed by atoms with Crippen LogP contribution in [0.25, 0.3) is 0 Å². The molecule has 1 N–H and O–H groups in total. The smallest absolute Gasteiger partial charge is 0.256 e. The Morgan fingerprint density at radius 2 is 2.10 bits per heavy atom. The van der Waals surface area contributed by atoms with Gasteiger partial charge in [0.25, 0.3) is 5.88 Å². The molecule has 0 unspecified atom stereocenters. The van der Waals surface area contributed by atoms with Gasteiger partial charge in [-0.1, -0.05) is 29.8 Å². The molecule has 0 aliphatic rings. The number of rotatable bonds is 5. The molecule has 0 atom stereocenters. The van der Waals surface area contributed by atoms with Gasteiger partial charge in [-0.2, -0.15) is 0 Å². The number of hydrogen-bond donors (Lipinski definition) is 1. The molecule has 1 aromatic heterocycles. The minimum atomic E-state index is -0.423. The molecule has 5 heteroatoms. The zero-order chi connectivity index (χ0) is 15.4. The predicted octanol–water partition coefficient (Wildman–Crippen LogP) is 4.58. The largest absolute Gasteiger partial charge is 0.436 e. The number of aryl methyl sites for hydroxylation is 1. The number of nitrogens with zero attached hydrogens (tertiary/aromatic N) is 1. The number of halogens is 2. The highest BCUT2D eigenvalue weighted by Gasteiger charge is 2.13. The molecule has 21 heavy (non-hydrogen) atoms. The van der Waals surface area contributed by atoms with Gasteiger partial charge in [0.05, 0.1) is 0 Å². The second-order valence-electron chi connectivity index (χ2n) is 5.14. The zero-order valence-electron chi connectivity index (χ0n) is 12.3. The number of benzene rings is 1. The number of nitrogens with one attached hydrogen (secondary N) is 1. The summed E-state index contributed by atoms with van der Waals surface area (Å²) < 4.78 is 20.9. The SMILES string of the molecule is Cc1cc(Br)ccc1Oc1nccc(CNC(C)C)c1F. The molecule has 0 saturated carbocycles. The molecule has 1 aromatic carbocycles. The highest BCUT2D eigenvalue weighted by Crippen LogP contribution is 2.28. The van der Waals surface area contributed by atoms with E-state index in [1.807, 2.05) is 32.9 Å². The van der Waals surface area contributed by atoms with Crippen LogP contribution in [0.1, 0.15) is 25.0 Å². The Balaban J connectivity index is 2.22. The van der Waals surface area contributed by atoms with Gasteiger partial charge in [0.1, 0.15) is 5.75 Å². The summed E-state index contributed by atoms with van der Waals surface area (Å²) in [5.41, 5.74) is 1.46. The molecule has 2 aromatic rings. The molecular formula is C16H18BrFN2O. The van der Waals surface area contributed by atoms with Crippen molar-refractivity contribution in [1.29, 1.82) is 0 Å². The number of aromatic nitrogens is 1. The first-order valence-corrected chi connectivity index (χ1v) is 7.57. The molecule has 2 rings (SSSR count). The van der Waals surface area contributed by atoms with Crippen LogP contribution in [0.3, 0.4) is 0 Å². The van der Waals surface area contributed by atoms with Crippen molar-refractivity contribution in [3.8, 4) is 11.6 Å². The molecule has 0 saturated heterocycles. The second-order valence-corrected chi connectivity index (χ2v) is 6.05. The van der Waals surface area contributed by atoms with Crippen LogP contribution in [0.5, 0.6) is 11.6 Å². The normalized spacial score (nSPS) is 11.0. The predicted molar refractivity (Wildman–Crippen MR) is 85.1 cm³/mol. The Bertz CT molecular complexity index is 632. The van der Waals surface area contributed by atoms with Crippen LogP contribution in [-0.2, 0) is 6.54 Å². The third-order valence-corrected chi connectivity index (χ3v) is 3.47. The van der Waals surface area contributed by atoms with Crippen molar-refractivity contribution in [3.63, 3.8) is 0 Å². The van der Waals surface area contributed by atoms with Gasteiger partial charge in [-0.3, -0.25) is 0 Å². The minimum Gasteiger partial charge on any atom is -0.436 e. The van der Waals surface area contributed by atoms with E-state index in [0.29, 0.717) is 17.9 Å². The van der Waals surface area contributed by atoms with Gasteiger partial charge < -0.3 is 10.1 Å². The number of hydrogen-bond acceptors (Lipinski definition) is 3. The lowest BCUT2D eigenvalue weighted by atomic mass is 10.2. The molecule has 1 heterocycles. The monoisotopic (exact) mass is 352 g/mol. The summed E-state index contributed by atoms with van der Waals surface area (Å²) in [5, 5.41) is 3.18. The van der Waals surface area contributed by atoms with Crippen LogP contribution in [0, 0.1) is 12.7 Å². The Hall–Kier alpha value is -1.46. The summed E-state index contributed by atoms with van der Waals surface area (Å²) in [6.07, 6.45) is 1.56. The van der Waals surface area contributed by atoms with Crippen LogP contribution in [0.15, 0.2) is 34.9 Å².